The summed E-state index contributed by atoms with van der Waals surface area (Å²) in [7, 11) is 1.67. The Morgan fingerprint density at radius 2 is 2.03 bits per heavy atom. The second kappa shape index (κ2) is 7.86. The molecule has 0 saturated carbocycles. The summed E-state index contributed by atoms with van der Waals surface area (Å²) >= 11 is 0. The van der Waals surface area contributed by atoms with Crippen molar-refractivity contribution in [1.29, 1.82) is 0 Å². The normalized spacial score (nSPS) is 26.5. The summed E-state index contributed by atoms with van der Waals surface area (Å²) in [6.07, 6.45) is 3.73. The van der Waals surface area contributed by atoms with Crippen molar-refractivity contribution in [3.8, 4) is 17.0 Å². The van der Waals surface area contributed by atoms with Crippen LogP contribution in [0.15, 0.2) is 67.3 Å². The number of aliphatic hydroxyl groups is 1. The van der Waals surface area contributed by atoms with Crippen molar-refractivity contribution in [1.82, 2.24) is 9.88 Å². The second-order valence-corrected chi connectivity index (χ2v) is 8.54. The van der Waals surface area contributed by atoms with E-state index in [-0.39, 0.29) is 6.04 Å². The Morgan fingerprint density at radius 3 is 2.73 bits per heavy atom. The van der Waals surface area contributed by atoms with Crippen LogP contribution < -0.4 is 4.74 Å². The number of aromatic nitrogens is 1. The molecule has 0 radical (unpaired) electrons. The average Bonchev–Trinajstić information content (AvgIpc) is 2.83. The van der Waals surface area contributed by atoms with Crippen molar-refractivity contribution in [3.63, 3.8) is 0 Å². The highest BCUT2D eigenvalue weighted by Gasteiger charge is 2.42. The van der Waals surface area contributed by atoms with Gasteiger partial charge in [0.2, 0.25) is 0 Å². The van der Waals surface area contributed by atoms with Gasteiger partial charge in [0.25, 0.3) is 0 Å². The molecule has 5 atom stereocenters. The van der Waals surface area contributed by atoms with Gasteiger partial charge in [-0.15, -0.1) is 6.58 Å². The maximum absolute atomic E-state index is 11.6. The van der Waals surface area contributed by atoms with Crippen LogP contribution in [0.25, 0.3) is 22.2 Å². The summed E-state index contributed by atoms with van der Waals surface area (Å²) in [4.78, 5) is 7.34. The Hall–Kier alpha value is -2.69. The van der Waals surface area contributed by atoms with Crippen LogP contribution in [0.3, 0.4) is 0 Å². The molecule has 3 saturated heterocycles. The van der Waals surface area contributed by atoms with Crippen molar-refractivity contribution in [2.24, 2.45) is 11.8 Å². The van der Waals surface area contributed by atoms with Crippen LogP contribution in [0.5, 0.6) is 5.75 Å². The van der Waals surface area contributed by atoms with Crippen LogP contribution in [-0.2, 0) is 0 Å². The summed E-state index contributed by atoms with van der Waals surface area (Å²) in [5.41, 5.74) is 3.76. The Kier molecular flexibility index (Phi) is 5.05. The van der Waals surface area contributed by atoms with Gasteiger partial charge in [0.15, 0.2) is 0 Å². The van der Waals surface area contributed by atoms with Gasteiger partial charge in [-0.05, 0) is 61.1 Å². The maximum Gasteiger partial charge on any atom is 0.119 e. The second-order valence-electron chi connectivity index (χ2n) is 8.54. The quantitative estimate of drug-likeness (QED) is 0.623. The molecule has 3 fully saturated rings. The van der Waals surface area contributed by atoms with Crippen LogP contribution >= 0.6 is 0 Å². The fraction of sp³-hybridized carbons (Fsp3) is 0.346. The summed E-state index contributed by atoms with van der Waals surface area (Å²) in [6.45, 7) is 6.07. The van der Waals surface area contributed by atoms with Crippen LogP contribution in [0, 0.1) is 11.8 Å². The first kappa shape index (κ1) is 19.3. The molecule has 1 N–H and O–H groups in total. The molecule has 3 aliphatic rings. The predicted molar refractivity (Wildman–Crippen MR) is 120 cm³/mol. The SMILES string of the molecule is C=C[C@H]1CN2CCC1C[C@H]2[C@H](O)c1cc(-c2ccccc2)nc2ccc(OC)cc12. The predicted octanol–water partition coefficient (Wildman–Crippen LogP) is 4.84. The van der Waals surface area contributed by atoms with E-state index >= 15 is 0 Å². The molecule has 4 nitrogen and oxygen atoms in total. The fourth-order valence-corrected chi connectivity index (χ4v) is 5.27. The van der Waals surface area contributed by atoms with E-state index < -0.39 is 6.10 Å². The minimum absolute atomic E-state index is 0.125. The standard InChI is InChI=1S/C26H28N2O2/c1-3-17-16-28-12-11-19(17)13-25(28)26(29)22-15-24(18-7-5-4-6-8-18)27-23-10-9-20(30-2)14-21(22)23/h3-10,14-15,17,19,25-26,29H,1,11-13,16H2,2H3/t17-,19?,25-,26+/m0/s1. The van der Waals surface area contributed by atoms with Gasteiger partial charge in [0.1, 0.15) is 5.75 Å². The van der Waals surface area contributed by atoms with E-state index in [1.165, 1.54) is 6.42 Å². The third-order valence-electron chi connectivity index (χ3n) is 6.95. The molecule has 1 aromatic heterocycles. The highest BCUT2D eigenvalue weighted by atomic mass is 16.5. The summed E-state index contributed by atoms with van der Waals surface area (Å²) in [6, 6.07) is 18.3. The summed E-state index contributed by atoms with van der Waals surface area (Å²) in [5.74, 6) is 1.93. The number of hydrogen-bond acceptors (Lipinski definition) is 4. The number of hydrogen-bond donors (Lipinski definition) is 1. The van der Waals surface area contributed by atoms with Crippen LogP contribution in [0.1, 0.15) is 24.5 Å². The van der Waals surface area contributed by atoms with E-state index in [0.717, 1.165) is 53.0 Å². The minimum atomic E-state index is -0.571. The highest BCUT2D eigenvalue weighted by molar-refractivity contribution is 5.87. The number of nitrogens with zero attached hydrogens (tertiary/aromatic N) is 2. The first-order valence-corrected chi connectivity index (χ1v) is 10.8. The van der Waals surface area contributed by atoms with Gasteiger partial charge in [0.05, 0.1) is 24.4 Å². The number of pyridine rings is 1. The molecule has 2 aromatic carbocycles. The number of methoxy groups -OCH3 is 1. The third-order valence-corrected chi connectivity index (χ3v) is 6.95. The molecule has 4 heterocycles. The highest BCUT2D eigenvalue weighted by Crippen LogP contribution is 2.43. The molecular weight excluding hydrogens is 372 g/mol. The van der Waals surface area contributed by atoms with E-state index in [1.54, 1.807) is 7.11 Å². The van der Waals surface area contributed by atoms with Crippen LogP contribution in [0.2, 0.25) is 0 Å². The Morgan fingerprint density at radius 1 is 1.20 bits per heavy atom. The lowest BCUT2D eigenvalue weighted by Crippen LogP contribution is -2.54. The Labute approximate surface area is 177 Å². The van der Waals surface area contributed by atoms with E-state index in [9.17, 15) is 5.11 Å². The monoisotopic (exact) mass is 400 g/mol. The number of rotatable bonds is 5. The topological polar surface area (TPSA) is 45.6 Å². The van der Waals surface area contributed by atoms with Gasteiger partial charge in [0, 0.05) is 23.5 Å². The van der Waals surface area contributed by atoms with Gasteiger partial charge in [-0.3, -0.25) is 4.90 Å². The number of piperidine rings is 3. The molecule has 0 spiro atoms. The molecule has 2 bridgehead atoms. The van der Waals surface area contributed by atoms with Gasteiger partial charge >= 0.3 is 0 Å². The number of ether oxygens (including phenoxy) is 1. The molecule has 0 amide bonds. The van der Waals surface area contributed by atoms with Crippen molar-refractivity contribution in [2.45, 2.75) is 25.0 Å². The molecule has 3 aliphatic heterocycles. The molecule has 3 aromatic rings. The molecular formula is C26H28N2O2. The summed E-state index contributed by atoms with van der Waals surface area (Å²) in [5, 5.41) is 12.6. The smallest absolute Gasteiger partial charge is 0.119 e. The largest absolute Gasteiger partial charge is 0.497 e. The average molecular weight is 401 g/mol. The minimum Gasteiger partial charge on any atom is -0.497 e. The molecule has 0 aliphatic carbocycles. The van der Waals surface area contributed by atoms with Gasteiger partial charge < -0.3 is 9.84 Å². The van der Waals surface area contributed by atoms with E-state index in [2.05, 4.69) is 35.8 Å². The van der Waals surface area contributed by atoms with Gasteiger partial charge in [-0.1, -0.05) is 36.4 Å². The van der Waals surface area contributed by atoms with Crippen molar-refractivity contribution < 1.29 is 9.84 Å². The first-order valence-electron chi connectivity index (χ1n) is 10.8. The third kappa shape index (κ3) is 3.30. The molecule has 2 unspecified atom stereocenters. The van der Waals surface area contributed by atoms with Crippen molar-refractivity contribution in [3.05, 3.63) is 72.8 Å². The van der Waals surface area contributed by atoms with E-state index in [1.807, 2.05) is 36.4 Å². The number of aliphatic hydroxyl groups excluding tert-OH is 1. The van der Waals surface area contributed by atoms with Crippen molar-refractivity contribution >= 4 is 10.9 Å². The molecule has 30 heavy (non-hydrogen) atoms. The number of benzene rings is 2. The lowest BCUT2D eigenvalue weighted by Gasteiger charge is -2.50. The zero-order valence-electron chi connectivity index (χ0n) is 17.4. The maximum atomic E-state index is 11.6. The van der Waals surface area contributed by atoms with Crippen LogP contribution in [-0.4, -0.2) is 41.2 Å². The summed E-state index contributed by atoms with van der Waals surface area (Å²) < 4.78 is 5.46. The first-order chi connectivity index (χ1) is 14.7. The van der Waals surface area contributed by atoms with Gasteiger partial charge in [-0.2, -0.15) is 0 Å². The molecule has 6 rings (SSSR count). The zero-order chi connectivity index (χ0) is 20.7. The Balaban J connectivity index is 1.60. The molecule has 4 heteroatoms. The van der Waals surface area contributed by atoms with Crippen LogP contribution in [0.4, 0.5) is 0 Å². The van der Waals surface area contributed by atoms with Crippen molar-refractivity contribution in [2.75, 3.05) is 20.2 Å². The van der Waals surface area contributed by atoms with E-state index in [4.69, 9.17) is 9.72 Å². The fourth-order valence-electron chi connectivity index (χ4n) is 5.27. The number of fused-ring (bicyclic) bond motifs is 4. The lowest BCUT2D eigenvalue weighted by molar-refractivity contribution is -0.0444. The van der Waals surface area contributed by atoms with Gasteiger partial charge in [-0.25, -0.2) is 4.98 Å². The Bertz CT molecular complexity index is 1070. The molecule has 154 valence electrons. The lowest BCUT2D eigenvalue weighted by atomic mass is 9.73. The zero-order valence-corrected chi connectivity index (χ0v) is 17.4. The van der Waals surface area contributed by atoms with E-state index in [0.29, 0.717) is 11.8 Å².